The molecule has 0 saturated heterocycles. The molecule has 0 aliphatic heterocycles. The SMILES string of the molecule is CN(Cc1ccccc1F)C(=O)c1ccc(S(=O)(=O)Nc2ccccc2F)cc1. The second kappa shape index (κ2) is 8.40. The Balaban J connectivity index is 1.74. The van der Waals surface area contributed by atoms with Gasteiger partial charge in [-0.25, -0.2) is 17.2 Å². The molecule has 0 aliphatic carbocycles. The second-order valence-corrected chi connectivity index (χ2v) is 8.04. The molecule has 0 heterocycles. The molecular formula is C21H18F2N2O3S. The van der Waals surface area contributed by atoms with Crippen molar-refractivity contribution in [3.8, 4) is 0 Å². The van der Waals surface area contributed by atoms with E-state index in [1.165, 1.54) is 60.5 Å². The number of anilines is 1. The van der Waals surface area contributed by atoms with Crippen LogP contribution in [0.5, 0.6) is 0 Å². The number of carbonyl (C=O) groups excluding carboxylic acids is 1. The van der Waals surface area contributed by atoms with Gasteiger partial charge in [-0.1, -0.05) is 30.3 Å². The van der Waals surface area contributed by atoms with Crippen molar-refractivity contribution in [2.45, 2.75) is 11.4 Å². The summed E-state index contributed by atoms with van der Waals surface area (Å²) < 4.78 is 54.5. The summed E-state index contributed by atoms with van der Waals surface area (Å²) in [4.78, 5) is 13.8. The van der Waals surface area contributed by atoms with E-state index in [0.717, 1.165) is 6.07 Å². The van der Waals surface area contributed by atoms with Gasteiger partial charge < -0.3 is 4.90 Å². The highest BCUT2D eigenvalue weighted by Crippen LogP contribution is 2.20. The van der Waals surface area contributed by atoms with Crippen LogP contribution in [0.2, 0.25) is 0 Å². The van der Waals surface area contributed by atoms with Crippen molar-refractivity contribution >= 4 is 21.6 Å². The zero-order valence-corrected chi connectivity index (χ0v) is 16.3. The summed E-state index contributed by atoms with van der Waals surface area (Å²) in [6.45, 7) is 0.0698. The number of hydrogen-bond donors (Lipinski definition) is 1. The Morgan fingerprint density at radius 2 is 1.48 bits per heavy atom. The first-order valence-corrected chi connectivity index (χ1v) is 10.1. The second-order valence-electron chi connectivity index (χ2n) is 6.36. The minimum atomic E-state index is -4.02. The lowest BCUT2D eigenvalue weighted by Crippen LogP contribution is -2.26. The maximum absolute atomic E-state index is 13.8. The summed E-state index contributed by atoms with van der Waals surface area (Å²) in [7, 11) is -2.49. The Labute approximate surface area is 167 Å². The summed E-state index contributed by atoms with van der Waals surface area (Å²) in [5, 5.41) is 0. The fraction of sp³-hybridized carbons (Fsp3) is 0.0952. The van der Waals surface area contributed by atoms with Crippen LogP contribution >= 0.6 is 0 Å². The molecule has 1 N–H and O–H groups in total. The van der Waals surface area contributed by atoms with Crippen molar-refractivity contribution in [2.24, 2.45) is 0 Å². The molecule has 0 unspecified atom stereocenters. The van der Waals surface area contributed by atoms with Gasteiger partial charge in [0, 0.05) is 24.7 Å². The molecule has 150 valence electrons. The number of amides is 1. The third kappa shape index (κ3) is 4.78. The molecule has 3 aromatic carbocycles. The fourth-order valence-corrected chi connectivity index (χ4v) is 3.77. The first-order valence-electron chi connectivity index (χ1n) is 8.64. The largest absolute Gasteiger partial charge is 0.337 e. The van der Waals surface area contributed by atoms with Crippen LogP contribution in [0.15, 0.2) is 77.7 Å². The summed E-state index contributed by atoms with van der Waals surface area (Å²) in [6, 6.07) is 16.8. The average molecular weight is 416 g/mol. The molecule has 0 radical (unpaired) electrons. The van der Waals surface area contributed by atoms with Crippen molar-refractivity contribution in [3.63, 3.8) is 0 Å². The summed E-state index contributed by atoms with van der Waals surface area (Å²) >= 11 is 0. The quantitative estimate of drug-likeness (QED) is 0.660. The van der Waals surface area contributed by atoms with Crippen LogP contribution in [-0.4, -0.2) is 26.3 Å². The van der Waals surface area contributed by atoms with Gasteiger partial charge in [-0.15, -0.1) is 0 Å². The zero-order chi connectivity index (χ0) is 21.0. The van der Waals surface area contributed by atoms with E-state index in [4.69, 9.17) is 0 Å². The van der Waals surface area contributed by atoms with E-state index in [1.807, 2.05) is 0 Å². The van der Waals surface area contributed by atoms with Crippen molar-refractivity contribution < 1.29 is 22.0 Å². The monoisotopic (exact) mass is 416 g/mol. The topological polar surface area (TPSA) is 66.5 Å². The lowest BCUT2D eigenvalue weighted by molar-refractivity contribution is 0.0783. The molecule has 3 aromatic rings. The lowest BCUT2D eigenvalue weighted by Gasteiger charge is -2.18. The standard InChI is InChI=1S/C21H18F2N2O3S/c1-25(14-16-6-2-3-7-18(16)22)21(26)15-10-12-17(13-11-15)29(27,28)24-20-9-5-4-8-19(20)23/h2-13,24H,14H2,1H3. The first kappa shape index (κ1) is 20.5. The van der Waals surface area contributed by atoms with Crippen molar-refractivity contribution in [3.05, 3.63) is 95.6 Å². The van der Waals surface area contributed by atoms with E-state index in [-0.39, 0.29) is 28.6 Å². The number of carbonyl (C=O) groups is 1. The predicted molar refractivity (Wildman–Crippen MR) is 106 cm³/mol. The smallest absolute Gasteiger partial charge is 0.261 e. The Morgan fingerprint density at radius 3 is 2.10 bits per heavy atom. The van der Waals surface area contributed by atoms with Crippen LogP contribution in [0, 0.1) is 11.6 Å². The van der Waals surface area contributed by atoms with Crippen LogP contribution < -0.4 is 4.72 Å². The lowest BCUT2D eigenvalue weighted by atomic mass is 10.1. The molecule has 0 spiro atoms. The minimum Gasteiger partial charge on any atom is -0.337 e. The molecule has 1 amide bonds. The van der Waals surface area contributed by atoms with Crippen molar-refractivity contribution in [1.82, 2.24) is 4.90 Å². The minimum absolute atomic E-state index is 0.0698. The molecule has 0 atom stereocenters. The highest BCUT2D eigenvalue weighted by Gasteiger charge is 2.18. The van der Waals surface area contributed by atoms with Gasteiger partial charge in [0.25, 0.3) is 15.9 Å². The van der Waals surface area contributed by atoms with E-state index in [9.17, 15) is 22.0 Å². The zero-order valence-electron chi connectivity index (χ0n) is 15.5. The number of halogens is 2. The maximum Gasteiger partial charge on any atom is 0.261 e. The molecule has 0 saturated carbocycles. The van der Waals surface area contributed by atoms with E-state index < -0.39 is 21.7 Å². The number of hydrogen-bond acceptors (Lipinski definition) is 3. The van der Waals surface area contributed by atoms with Crippen molar-refractivity contribution in [2.75, 3.05) is 11.8 Å². The Hall–Kier alpha value is -3.26. The highest BCUT2D eigenvalue weighted by atomic mass is 32.2. The Kier molecular flexibility index (Phi) is 5.93. The molecule has 0 aromatic heterocycles. The molecule has 0 bridgehead atoms. The van der Waals surface area contributed by atoms with Gasteiger partial charge in [-0.05, 0) is 42.5 Å². The normalized spacial score (nSPS) is 11.1. The van der Waals surface area contributed by atoms with Crippen LogP contribution in [0.3, 0.4) is 0 Å². The van der Waals surface area contributed by atoms with Crippen LogP contribution in [0.1, 0.15) is 15.9 Å². The summed E-state index contributed by atoms with van der Waals surface area (Å²) in [5.74, 6) is -1.50. The Morgan fingerprint density at radius 1 is 0.897 bits per heavy atom. The van der Waals surface area contributed by atoms with Crippen LogP contribution in [0.4, 0.5) is 14.5 Å². The molecule has 5 nitrogen and oxygen atoms in total. The number of rotatable bonds is 6. The van der Waals surface area contributed by atoms with E-state index in [2.05, 4.69) is 4.72 Å². The van der Waals surface area contributed by atoms with Gasteiger partial charge in [0.2, 0.25) is 0 Å². The average Bonchev–Trinajstić information content (AvgIpc) is 2.71. The summed E-state index contributed by atoms with van der Waals surface area (Å²) in [6.07, 6.45) is 0. The molecular weight excluding hydrogens is 398 g/mol. The van der Waals surface area contributed by atoms with Crippen molar-refractivity contribution in [1.29, 1.82) is 0 Å². The molecule has 3 rings (SSSR count). The number of para-hydroxylation sites is 1. The predicted octanol–water partition coefficient (Wildman–Crippen LogP) is 4.04. The first-order chi connectivity index (χ1) is 13.8. The molecule has 0 aliphatic rings. The van der Waals surface area contributed by atoms with E-state index >= 15 is 0 Å². The highest BCUT2D eigenvalue weighted by molar-refractivity contribution is 7.92. The van der Waals surface area contributed by atoms with Gasteiger partial charge in [0.15, 0.2) is 0 Å². The van der Waals surface area contributed by atoms with Gasteiger partial charge in [0.05, 0.1) is 10.6 Å². The van der Waals surface area contributed by atoms with Gasteiger partial charge in [-0.3, -0.25) is 9.52 Å². The number of nitrogens with one attached hydrogen (secondary N) is 1. The fourth-order valence-electron chi connectivity index (χ4n) is 2.70. The van der Waals surface area contributed by atoms with Crippen LogP contribution in [-0.2, 0) is 16.6 Å². The number of nitrogens with zero attached hydrogens (tertiary/aromatic N) is 1. The third-order valence-electron chi connectivity index (χ3n) is 4.24. The van der Waals surface area contributed by atoms with Gasteiger partial charge in [-0.2, -0.15) is 0 Å². The van der Waals surface area contributed by atoms with E-state index in [0.29, 0.717) is 5.56 Å². The maximum atomic E-state index is 13.8. The summed E-state index contributed by atoms with van der Waals surface area (Å²) in [5.41, 5.74) is 0.447. The molecule has 8 heteroatoms. The van der Waals surface area contributed by atoms with Gasteiger partial charge in [0.1, 0.15) is 11.6 Å². The van der Waals surface area contributed by atoms with Crippen LogP contribution in [0.25, 0.3) is 0 Å². The van der Waals surface area contributed by atoms with Gasteiger partial charge >= 0.3 is 0 Å². The third-order valence-corrected chi connectivity index (χ3v) is 5.62. The number of benzene rings is 3. The number of sulfonamides is 1. The Bertz CT molecular complexity index is 1130. The molecule has 0 fully saturated rings. The molecule has 29 heavy (non-hydrogen) atoms. The van der Waals surface area contributed by atoms with E-state index in [1.54, 1.807) is 18.2 Å².